The first kappa shape index (κ1) is 8.81. The summed E-state index contributed by atoms with van der Waals surface area (Å²) in [5.74, 6) is 0.641. The molecule has 0 spiro atoms. The van der Waals surface area contributed by atoms with Gasteiger partial charge in [0, 0.05) is 5.96 Å². The average molecular weight is 141 g/mol. The lowest BCUT2D eigenvalue weighted by atomic mass is 10.3. The van der Waals surface area contributed by atoms with Crippen LogP contribution in [0.5, 0.6) is 0 Å². The van der Waals surface area contributed by atoms with Crippen LogP contribution in [-0.2, 0) is 0 Å². The molecule has 0 saturated carbocycles. The predicted octanol–water partition coefficient (Wildman–Crippen LogP) is 0.515. The molecule has 0 unspecified atom stereocenters. The van der Waals surface area contributed by atoms with Crippen LogP contribution in [0, 0.1) is 0 Å². The van der Waals surface area contributed by atoms with Gasteiger partial charge in [-0.15, -0.1) is 0 Å². The van der Waals surface area contributed by atoms with Crippen molar-refractivity contribution in [2.45, 2.75) is 13.8 Å². The van der Waals surface area contributed by atoms with Crippen LogP contribution in [0.2, 0.25) is 0 Å². The van der Waals surface area contributed by atoms with Crippen molar-refractivity contribution in [1.29, 1.82) is 0 Å². The molecule has 0 bridgehead atoms. The Balaban J connectivity index is 4.27. The van der Waals surface area contributed by atoms with E-state index in [2.05, 4.69) is 10.3 Å². The summed E-state index contributed by atoms with van der Waals surface area (Å²) >= 11 is 0. The van der Waals surface area contributed by atoms with E-state index >= 15 is 0 Å². The van der Waals surface area contributed by atoms with Gasteiger partial charge >= 0.3 is 0 Å². The van der Waals surface area contributed by atoms with Gasteiger partial charge < -0.3 is 21.8 Å². The first-order valence-electron chi connectivity index (χ1n) is 2.95. The van der Waals surface area contributed by atoms with E-state index < -0.39 is 0 Å². The summed E-state index contributed by atoms with van der Waals surface area (Å²) in [6.45, 7) is 3.73. The Labute approximate surface area is 61.0 Å². The molecule has 0 rings (SSSR count). The molecule has 0 radical (unpaired) electrons. The highest BCUT2D eigenvalue weighted by molar-refractivity contribution is 5.90. The second-order valence-electron chi connectivity index (χ2n) is 2.08. The van der Waals surface area contributed by atoms with Crippen molar-refractivity contribution in [3.63, 3.8) is 0 Å². The van der Waals surface area contributed by atoms with Crippen molar-refractivity contribution in [2.75, 3.05) is 7.05 Å². The van der Waals surface area contributed by atoms with Gasteiger partial charge in [-0.2, -0.15) is 0 Å². The maximum atomic E-state index is 5.45. The summed E-state index contributed by atoms with van der Waals surface area (Å²) in [7, 11) is 1.57. The fourth-order valence-corrected chi connectivity index (χ4v) is 0.285. The van der Waals surface area contributed by atoms with Crippen LogP contribution >= 0.6 is 0 Å². The number of rotatable bonds is 1. The summed E-state index contributed by atoms with van der Waals surface area (Å²) in [5.41, 5.74) is 11.7. The minimum absolute atomic E-state index is 0.207. The van der Waals surface area contributed by atoms with Crippen molar-refractivity contribution in [3.05, 3.63) is 16.7 Å². The van der Waals surface area contributed by atoms with E-state index in [0.29, 0.717) is 5.82 Å². The third-order valence-electron chi connectivity index (χ3n) is 0.976. The lowest BCUT2D eigenvalue weighted by Gasteiger charge is -2.08. The van der Waals surface area contributed by atoms with E-state index in [4.69, 9.17) is 11.5 Å². The molecule has 0 aliphatic carbocycles. The molecule has 4 N–H and O–H groups in total. The molecule has 0 fully saturated rings. The standard InChI is InChI=1S/C6H13N4/c1-4(2)5(7)10-6(8)9-3/h7H2,1-3H3,(H2-,8,9,10)/q-1. The lowest BCUT2D eigenvalue weighted by Crippen LogP contribution is -2.11. The van der Waals surface area contributed by atoms with Crippen molar-refractivity contribution >= 4 is 5.96 Å². The smallest absolute Gasteiger partial charge is 0.0508 e. The lowest BCUT2D eigenvalue weighted by molar-refractivity contribution is 1.14. The molecule has 0 aromatic rings. The zero-order valence-corrected chi connectivity index (χ0v) is 6.55. The first-order chi connectivity index (χ1) is 4.57. The molecule has 10 heavy (non-hydrogen) atoms. The molecular weight excluding hydrogens is 128 g/mol. The van der Waals surface area contributed by atoms with Gasteiger partial charge in [0.25, 0.3) is 0 Å². The van der Waals surface area contributed by atoms with Crippen molar-refractivity contribution in [3.8, 4) is 0 Å². The van der Waals surface area contributed by atoms with Gasteiger partial charge in [-0.05, 0) is 20.9 Å². The van der Waals surface area contributed by atoms with Crippen LogP contribution in [0.4, 0.5) is 0 Å². The summed E-state index contributed by atoms with van der Waals surface area (Å²) in [5, 5.41) is 3.62. The Morgan fingerprint density at radius 3 is 2.10 bits per heavy atom. The summed E-state index contributed by atoms with van der Waals surface area (Å²) < 4.78 is 0. The molecule has 4 heteroatoms. The molecule has 0 aromatic carbocycles. The Bertz CT molecular complexity index is 165. The second kappa shape index (κ2) is 3.76. The highest BCUT2D eigenvalue weighted by Gasteiger charge is 1.82. The number of hydrogen-bond acceptors (Lipinski definition) is 2. The molecule has 0 amide bonds. The Kier molecular flexibility index (Phi) is 3.32. The molecule has 0 aliphatic heterocycles. The molecule has 4 nitrogen and oxygen atoms in total. The maximum Gasteiger partial charge on any atom is 0.0508 e. The molecule has 0 aliphatic rings. The van der Waals surface area contributed by atoms with E-state index in [-0.39, 0.29) is 5.96 Å². The third-order valence-corrected chi connectivity index (χ3v) is 0.976. The maximum absolute atomic E-state index is 5.45. The van der Waals surface area contributed by atoms with Crippen LogP contribution < -0.4 is 11.5 Å². The van der Waals surface area contributed by atoms with Crippen molar-refractivity contribution in [1.82, 2.24) is 0 Å². The van der Waals surface area contributed by atoms with Gasteiger partial charge in [0.15, 0.2) is 0 Å². The van der Waals surface area contributed by atoms with E-state index in [9.17, 15) is 0 Å². The van der Waals surface area contributed by atoms with Crippen molar-refractivity contribution < 1.29 is 0 Å². The highest BCUT2D eigenvalue weighted by Crippen LogP contribution is 1.97. The number of aliphatic imine (C=N–C) groups is 1. The summed E-state index contributed by atoms with van der Waals surface area (Å²) in [6, 6.07) is 0. The number of guanidine groups is 1. The fourth-order valence-electron chi connectivity index (χ4n) is 0.285. The van der Waals surface area contributed by atoms with E-state index in [0.717, 1.165) is 5.57 Å². The monoisotopic (exact) mass is 141 g/mol. The topological polar surface area (TPSA) is 78.5 Å². The number of allylic oxidation sites excluding steroid dienone is 1. The SMILES string of the molecule is C[N-]C(N)=NC(N)=C(C)C. The number of hydrogen-bond donors (Lipinski definition) is 2. The normalized spacial score (nSPS) is 10.9. The number of nitrogens with two attached hydrogens (primary N) is 2. The van der Waals surface area contributed by atoms with Gasteiger partial charge in [0.1, 0.15) is 0 Å². The quantitative estimate of drug-likeness (QED) is 0.412. The summed E-state index contributed by atoms with van der Waals surface area (Å²) in [4.78, 5) is 3.78. The number of nitrogens with zero attached hydrogens (tertiary/aromatic N) is 2. The van der Waals surface area contributed by atoms with Gasteiger partial charge in [-0.25, -0.2) is 0 Å². The van der Waals surface area contributed by atoms with Crippen LogP contribution in [0.15, 0.2) is 16.4 Å². The van der Waals surface area contributed by atoms with Gasteiger partial charge in [-0.1, -0.05) is 5.57 Å². The third kappa shape index (κ3) is 2.96. The van der Waals surface area contributed by atoms with Crippen LogP contribution in [-0.4, -0.2) is 13.0 Å². The van der Waals surface area contributed by atoms with Gasteiger partial charge in [-0.3, -0.25) is 0 Å². The van der Waals surface area contributed by atoms with E-state index in [1.165, 1.54) is 0 Å². The van der Waals surface area contributed by atoms with Crippen LogP contribution in [0.25, 0.3) is 5.32 Å². The molecule has 58 valence electrons. The highest BCUT2D eigenvalue weighted by atomic mass is 15.1. The van der Waals surface area contributed by atoms with Crippen LogP contribution in [0.1, 0.15) is 13.8 Å². The predicted molar refractivity (Wildman–Crippen MR) is 43.5 cm³/mol. The summed E-state index contributed by atoms with van der Waals surface area (Å²) in [6.07, 6.45) is 0. The molecule has 0 heterocycles. The fraction of sp³-hybridized carbons (Fsp3) is 0.500. The molecule has 0 atom stereocenters. The van der Waals surface area contributed by atoms with Gasteiger partial charge in [0.05, 0.1) is 5.82 Å². The largest absolute Gasteiger partial charge is 0.453 e. The minimum atomic E-state index is 0.207. The molecule has 0 aromatic heterocycles. The minimum Gasteiger partial charge on any atom is -0.453 e. The Morgan fingerprint density at radius 2 is 1.80 bits per heavy atom. The zero-order chi connectivity index (χ0) is 8.15. The van der Waals surface area contributed by atoms with Crippen LogP contribution in [0.3, 0.4) is 0 Å². The second-order valence-corrected chi connectivity index (χ2v) is 2.08. The first-order valence-corrected chi connectivity index (χ1v) is 2.95. The Hall–Kier alpha value is -1.19. The van der Waals surface area contributed by atoms with E-state index in [1.54, 1.807) is 7.05 Å². The molecular formula is C6H13N4-. The Morgan fingerprint density at radius 1 is 1.30 bits per heavy atom. The van der Waals surface area contributed by atoms with Crippen molar-refractivity contribution in [2.24, 2.45) is 16.5 Å². The van der Waals surface area contributed by atoms with E-state index in [1.807, 2.05) is 13.8 Å². The molecule has 0 saturated heterocycles. The van der Waals surface area contributed by atoms with Gasteiger partial charge in [0.2, 0.25) is 0 Å². The zero-order valence-electron chi connectivity index (χ0n) is 6.55. The average Bonchev–Trinajstić information content (AvgIpc) is 1.87.